The number of nitrogens with zero attached hydrogens (tertiary/aromatic N) is 1. The quantitative estimate of drug-likeness (QED) is 0.753. The van der Waals surface area contributed by atoms with E-state index in [1.54, 1.807) is 24.3 Å². The van der Waals surface area contributed by atoms with Crippen LogP contribution in [0.5, 0.6) is 0 Å². The van der Waals surface area contributed by atoms with Gasteiger partial charge in [-0.2, -0.15) is 0 Å². The van der Waals surface area contributed by atoms with Crippen molar-refractivity contribution in [2.24, 2.45) is 0 Å². The first-order chi connectivity index (χ1) is 11.5. The summed E-state index contributed by atoms with van der Waals surface area (Å²) in [4.78, 5) is 34.5. The van der Waals surface area contributed by atoms with Gasteiger partial charge in [-0.15, -0.1) is 0 Å². The van der Waals surface area contributed by atoms with Crippen LogP contribution in [0.1, 0.15) is 16.8 Å². The minimum atomic E-state index is -1.28. The monoisotopic (exact) mass is 325 g/mol. The molecule has 3 aromatic rings. The zero-order valence-corrected chi connectivity index (χ0v) is 12.5. The van der Waals surface area contributed by atoms with E-state index < -0.39 is 11.7 Å². The Morgan fingerprint density at radius 3 is 2.50 bits per heavy atom. The van der Waals surface area contributed by atoms with E-state index >= 15 is 0 Å². The number of aromatic nitrogens is 1. The zero-order chi connectivity index (χ0) is 17.1. The van der Waals surface area contributed by atoms with Crippen molar-refractivity contribution in [2.75, 3.05) is 5.32 Å². The summed E-state index contributed by atoms with van der Waals surface area (Å²) >= 11 is 0. The highest BCUT2D eigenvalue weighted by molar-refractivity contribution is 5.92. The van der Waals surface area contributed by atoms with Crippen LogP contribution in [0.4, 0.5) is 5.69 Å². The number of carboxylic acid groups (broad SMARTS) is 1. The minimum absolute atomic E-state index is 0.0319. The van der Waals surface area contributed by atoms with Gasteiger partial charge in [-0.25, -0.2) is 4.79 Å². The smallest absolute Gasteiger partial charge is 0.419 e. The summed E-state index contributed by atoms with van der Waals surface area (Å²) in [5, 5.41) is 13.3. The van der Waals surface area contributed by atoms with Gasteiger partial charge in [0.15, 0.2) is 5.58 Å². The van der Waals surface area contributed by atoms with Gasteiger partial charge in [0.05, 0.1) is 11.5 Å². The van der Waals surface area contributed by atoms with Crippen molar-refractivity contribution in [1.29, 1.82) is 0 Å². The van der Waals surface area contributed by atoms with E-state index in [-0.39, 0.29) is 24.4 Å². The molecular weight excluding hydrogens is 312 g/mol. The molecule has 1 N–H and O–H groups in total. The molecule has 7 nitrogen and oxygen atoms in total. The van der Waals surface area contributed by atoms with Crippen molar-refractivity contribution in [3.63, 3.8) is 0 Å². The summed E-state index contributed by atoms with van der Waals surface area (Å²) in [5.74, 6) is -2.09. The normalized spacial score (nSPS) is 10.7. The number of aryl methyl sites for hydroxylation is 1. The summed E-state index contributed by atoms with van der Waals surface area (Å²) in [5.41, 5.74) is 1.60. The summed E-state index contributed by atoms with van der Waals surface area (Å²) in [7, 11) is 0. The summed E-state index contributed by atoms with van der Waals surface area (Å²) in [6.45, 7) is 0.179. The van der Waals surface area contributed by atoms with E-state index in [1.165, 1.54) is 28.8 Å². The average Bonchev–Trinajstić information content (AvgIpc) is 2.88. The molecule has 3 rings (SSSR count). The third-order valence-corrected chi connectivity index (χ3v) is 3.54. The van der Waals surface area contributed by atoms with Crippen molar-refractivity contribution in [3.05, 3.63) is 64.6 Å². The fourth-order valence-corrected chi connectivity index (χ4v) is 2.35. The molecule has 0 fully saturated rings. The molecule has 2 aromatic carbocycles. The lowest BCUT2D eigenvalue weighted by molar-refractivity contribution is -0.255. The minimum Gasteiger partial charge on any atom is -0.545 e. The largest absolute Gasteiger partial charge is 0.545 e. The van der Waals surface area contributed by atoms with Crippen LogP contribution in [0, 0.1) is 0 Å². The highest BCUT2D eigenvalue weighted by Crippen LogP contribution is 2.13. The van der Waals surface area contributed by atoms with E-state index in [4.69, 9.17) is 4.42 Å². The first kappa shape index (κ1) is 15.5. The SMILES string of the molecule is O=C(CCn1c(=O)oc2ccccc21)Nc1ccc(C(=O)[O-])cc1. The molecule has 0 atom stereocenters. The van der Waals surface area contributed by atoms with Gasteiger partial charge in [0.2, 0.25) is 5.91 Å². The van der Waals surface area contributed by atoms with E-state index in [0.29, 0.717) is 16.8 Å². The molecule has 1 aromatic heterocycles. The number of oxazole rings is 1. The van der Waals surface area contributed by atoms with Crippen molar-refractivity contribution in [2.45, 2.75) is 13.0 Å². The van der Waals surface area contributed by atoms with Gasteiger partial charge in [-0.1, -0.05) is 24.3 Å². The Kier molecular flexibility index (Phi) is 4.15. The third kappa shape index (κ3) is 3.19. The van der Waals surface area contributed by atoms with Crippen molar-refractivity contribution in [3.8, 4) is 0 Å². The maximum absolute atomic E-state index is 12.0. The van der Waals surface area contributed by atoms with Gasteiger partial charge in [0, 0.05) is 18.7 Å². The van der Waals surface area contributed by atoms with Crippen molar-refractivity contribution < 1.29 is 19.1 Å². The van der Waals surface area contributed by atoms with Gasteiger partial charge in [-0.3, -0.25) is 9.36 Å². The van der Waals surface area contributed by atoms with Crippen LogP contribution in [0.25, 0.3) is 11.1 Å². The fraction of sp³-hybridized carbons (Fsp3) is 0.118. The highest BCUT2D eigenvalue weighted by atomic mass is 16.4. The van der Waals surface area contributed by atoms with Gasteiger partial charge in [-0.05, 0) is 29.8 Å². The van der Waals surface area contributed by atoms with Gasteiger partial charge in [0.25, 0.3) is 0 Å². The molecule has 0 spiro atoms. The lowest BCUT2D eigenvalue weighted by atomic mass is 10.2. The summed E-state index contributed by atoms with van der Waals surface area (Å²) in [6, 6.07) is 12.6. The number of carbonyl (C=O) groups is 2. The Balaban J connectivity index is 1.66. The summed E-state index contributed by atoms with van der Waals surface area (Å²) < 4.78 is 6.50. The van der Waals surface area contributed by atoms with Crippen LogP contribution in [0.15, 0.2) is 57.7 Å². The van der Waals surface area contributed by atoms with Gasteiger partial charge < -0.3 is 19.6 Å². The number of hydrogen-bond donors (Lipinski definition) is 1. The molecule has 0 saturated carbocycles. The number of rotatable bonds is 5. The number of anilines is 1. The maximum atomic E-state index is 12.0. The number of benzene rings is 2. The average molecular weight is 325 g/mol. The lowest BCUT2D eigenvalue weighted by Gasteiger charge is -2.07. The second-order valence-corrected chi connectivity index (χ2v) is 5.15. The van der Waals surface area contributed by atoms with E-state index in [0.717, 1.165) is 0 Å². The molecule has 0 radical (unpaired) electrons. The Hall–Kier alpha value is -3.35. The second kappa shape index (κ2) is 6.41. The molecule has 0 bridgehead atoms. The third-order valence-electron chi connectivity index (χ3n) is 3.54. The van der Waals surface area contributed by atoms with Crippen LogP contribution < -0.4 is 16.2 Å². The van der Waals surface area contributed by atoms with Crippen LogP contribution >= 0.6 is 0 Å². The maximum Gasteiger partial charge on any atom is 0.419 e. The van der Waals surface area contributed by atoms with Crippen LogP contribution in [-0.4, -0.2) is 16.4 Å². The first-order valence-electron chi connectivity index (χ1n) is 7.24. The molecule has 7 heteroatoms. The zero-order valence-electron chi connectivity index (χ0n) is 12.5. The molecule has 0 aliphatic carbocycles. The number of nitrogens with one attached hydrogen (secondary N) is 1. The Morgan fingerprint density at radius 2 is 1.79 bits per heavy atom. The Bertz CT molecular complexity index is 953. The van der Waals surface area contributed by atoms with Crippen LogP contribution in [-0.2, 0) is 11.3 Å². The number of fused-ring (bicyclic) bond motifs is 1. The van der Waals surface area contributed by atoms with Gasteiger partial charge in [0.1, 0.15) is 0 Å². The molecule has 24 heavy (non-hydrogen) atoms. The summed E-state index contributed by atoms with van der Waals surface area (Å²) in [6.07, 6.45) is 0.0751. The number of carbonyl (C=O) groups excluding carboxylic acids is 2. The number of aromatic carboxylic acids is 1. The number of para-hydroxylation sites is 2. The van der Waals surface area contributed by atoms with Crippen molar-refractivity contribution in [1.82, 2.24) is 4.57 Å². The fourth-order valence-electron chi connectivity index (χ4n) is 2.35. The lowest BCUT2D eigenvalue weighted by Crippen LogP contribution is -2.22. The molecule has 0 unspecified atom stereocenters. The number of hydrogen-bond acceptors (Lipinski definition) is 5. The van der Waals surface area contributed by atoms with E-state index in [2.05, 4.69) is 5.32 Å². The molecule has 1 amide bonds. The highest BCUT2D eigenvalue weighted by Gasteiger charge is 2.10. The van der Waals surface area contributed by atoms with Crippen molar-refractivity contribution >= 4 is 28.7 Å². The topological polar surface area (TPSA) is 104 Å². The van der Waals surface area contributed by atoms with Gasteiger partial charge >= 0.3 is 5.76 Å². The van der Waals surface area contributed by atoms with Crippen LogP contribution in [0.3, 0.4) is 0 Å². The predicted octanol–water partition coefficient (Wildman–Crippen LogP) is 0.987. The molecule has 0 saturated heterocycles. The predicted molar refractivity (Wildman–Crippen MR) is 84.5 cm³/mol. The molecule has 0 aliphatic rings. The number of amides is 1. The molecular formula is C17H13N2O5-. The first-order valence-corrected chi connectivity index (χ1v) is 7.24. The number of carboxylic acids is 1. The molecule has 122 valence electrons. The Morgan fingerprint density at radius 1 is 1.08 bits per heavy atom. The van der Waals surface area contributed by atoms with E-state index in [9.17, 15) is 19.5 Å². The van der Waals surface area contributed by atoms with E-state index in [1.807, 2.05) is 0 Å². The van der Waals surface area contributed by atoms with Crippen LogP contribution in [0.2, 0.25) is 0 Å². The second-order valence-electron chi connectivity index (χ2n) is 5.15. The Labute approximate surface area is 136 Å². The standard InChI is InChI=1S/C17H14N2O5/c20-15(18-12-7-5-11(6-8-12)16(21)22)9-10-19-13-3-1-2-4-14(13)24-17(19)23/h1-8H,9-10H2,(H,18,20)(H,21,22)/p-1. The molecule has 1 heterocycles. The molecule has 0 aliphatic heterocycles.